The zero-order chi connectivity index (χ0) is 21.7. The molecule has 0 bridgehead atoms. The van der Waals surface area contributed by atoms with Crippen LogP contribution >= 0.6 is 15.9 Å². The Kier molecular flexibility index (Phi) is 7.53. The van der Waals surface area contributed by atoms with Crippen molar-refractivity contribution >= 4 is 45.5 Å². The second-order valence-electron chi connectivity index (χ2n) is 7.65. The SMILES string of the molecule is CN=C(C(N)=NCCc1cccc2c1B(C)CCC2)N(C)Nc1ccc(F)c(Br)c1. The molecular weight excluding hydrogens is 444 g/mol. The maximum atomic E-state index is 13.4. The first-order chi connectivity index (χ1) is 14.4. The van der Waals surface area contributed by atoms with Crippen molar-refractivity contribution in [2.24, 2.45) is 15.7 Å². The van der Waals surface area contributed by atoms with E-state index < -0.39 is 0 Å². The summed E-state index contributed by atoms with van der Waals surface area (Å²) < 4.78 is 13.8. The predicted octanol–water partition coefficient (Wildman–Crippen LogP) is 3.75. The van der Waals surface area contributed by atoms with Gasteiger partial charge in [-0.15, -0.1) is 0 Å². The number of amidine groups is 2. The van der Waals surface area contributed by atoms with Crippen molar-refractivity contribution in [1.82, 2.24) is 5.01 Å². The number of rotatable bonds is 5. The van der Waals surface area contributed by atoms with Crippen LogP contribution in [0.2, 0.25) is 13.1 Å². The van der Waals surface area contributed by atoms with Crippen LogP contribution in [0.4, 0.5) is 10.1 Å². The van der Waals surface area contributed by atoms with Crippen LogP contribution in [0.5, 0.6) is 0 Å². The number of aliphatic imine (C=N–C) groups is 2. The van der Waals surface area contributed by atoms with Crippen molar-refractivity contribution in [2.45, 2.75) is 32.4 Å². The van der Waals surface area contributed by atoms with Gasteiger partial charge in [-0.2, -0.15) is 0 Å². The van der Waals surface area contributed by atoms with Crippen LogP contribution < -0.4 is 16.6 Å². The zero-order valence-corrected chi connectivity index (χ0v) is 19.3. The molecule has 0 saturated heterocycles. The van der Waals surface area contributed by atoms with Crippen molar-refractivity contribution in [3.63, 3.8) is 0 Å². The molecule has 30 heavy (non-hydrogen) atoms. The number of nitrogens with two attached hydrogens (primary N) is 1. The fourth-order valence-corrected chi connectivity index (χ4v) is 4.47. The van der Waals surface area contributed by atoms with E-state index in [1.807, 2.05) is 0 Å². The highest BCUT2D eigenvalue weighted by molar-refractivity contribution is 9.10. The number of likely N-dealkylation sites (N-methyl/N-ethyl adjacent to an activating group) is 1. The molecule has 0 unspecified atom stereocenters. The molecule has 0 aromatic heterocycles. The molecule has 1 aliphatic rings. The van der Waals surface area contributed by atoms with Gasteiger partial charge in [0.25, 0.3) is 0 Å². The van der Waals surface area contributed by atoms with E-state index in [0.717, 1.165) is 6.42 Å². The molecule has 0 amide bonds. The van der Waals surface area contributed by atoms with Crippen LogP contribution in [0.15, 0.2) is 50.9 Å². The smallest absolute Gasteiger partial charge is 0.184 e. The predicted molar refractivity (Wildman–Crippen MR) is 130 cm³/mol. The van der Waals surface area contributed by atoms with Gasteiger partial charge in [0.15, 0.2) is 18.4 Å². The first-order valence-electron chi connectivity index (χ1n) is 10.2. The van der Waals surface area contributed by atoms with E-state index in [1.165, 1.54) is 41.8 Å². The lowest BCUT2D eigenvalue weighted by Gasteiger charge is -2.24. The standard InChI is InChI=1S/C22H28BBrFN5/c1-23-12-5-8-15-6-4-7-16(20(15)23)11-13-28-21(26)22(27-2)30(3)29-17-9-10-19(25)18(24)14-17/h4,6-7,9-10,14,29H,5,8,11-13H2,1-3H3,(H2,26,28). The third-order valence-corrected chi connectivity index (χ3v) is 6.11. The van der Waals surface area contributed by atoms with Gasteiger partial charge in [-0.3, -0.25) is 20.4 Å². The van der Waals surface area contributed by atoms with Crippen LogP contribution in [-0.4, -0.2) is 44.0 Å². The lowest BCUT2D eigenvalue weighted by atomic mass is 9.40. The highest BCUT2D eigenvalue weighted by Gasteiger charge is 2.21. The van der Waals surface area contributed by atoms with Gasteiger partial charge in [-0.05, 0) is 47.0 Å². The topological polar surface area (TPSA) is 66.0 Å². The Morgan fingerprint density at radius 2 is 2.13 bits per heavy atom. The van der Waals surface area contributed by atoms with Crippen molar-refractivity contribution in [3.8, 4) is 0 Å². The number of aryl methyl sites for hydroxylation is 1. The van der Waals surface area contributed by atoms with E-state index in [-0.39, 0.29) is 5.82 Å². The van der Waals surface area contributed by atoms with Crippen molar-refractivity contribution in [2.75, 3.05) is 26.1 Å². The van der Waals surface area contributed by atoms with Gasteiger partial charge < -0.3 is 5.73 Å². The average Bonchev–Trinajstić information content (AvgIpc) is 2.71. The minimum atomic E-state index is -0.314. The number of halogens is 2. The summed E-state index contributed by atoms with van der Waals surface area (Å²) in [6.45, 7) is 3.52. The molecule has 8 heteroatoms. The van der Waals surface area contributed by atoms with Crippen molar-refractivity contribution < 1.29 is 4.39 Å². The molecule has 0 radical (unpaired) electrons. The Hall–Kier alpha value is -2.35. The van der Waals surface area contributed by atoms with Gasteiger partial charge in [0, 0.05) is 20.6 Å². The van der Waals surface area contributed by atoms with Crippen LogP contribution in [0.25, 0.3) is 0 Å². The maximum Gasteiger partial charge on any atom is 0.184 e. The average molecular weight is 472 g/mol. The minimum Gasteiger partial charge on any atom is -0.381 e. The van der Waals surface area contributed by atoms with E-state index in [1.54, 1.807) is 31.2 Å². The lowest BCUT2D eigenvalue weighted by molar-refractivity contribution is 0.608. The minimum absolute atomic E-state index is 0.314. The van der Waals surface area contributed by atoms with Crippen molar-refractivity contribution in [3.05, 3.63) is 57.8 Å². The largest absolute Gasteiger partial charge is 0.381 e. The first kappa shape index (κ1) is 22.3. The summed E-state index contributed by atoms with van der Waals surface area (Å²) in [7, 11) is 3.48. The number of fused-ring (bicyclic) bond motifs is 1. The molecule has 3 N–H and O–H groups in total. The van der Waals surface area contributed by atoms with E-state index >= 15 is 0 Å². The Morgan fingerprint density at radius 3 is 2.87 bits per heavy atom. The molecule has 0 saturated carbocycles. The molecular formula is C22H28BBrFN5. The highest BCUT2D eigenvalue weighted by Crippen LogP contribution is 2.20. The van der Waals surface area contributed by atoms with E-state index in [2.05, 4.69) is 56.4 Å². The number of hydrogen-bond acceptors (Lipinski definition) is 3. The number of anilines is 1. The number of benzene rings is 2. The first-order valence-corrected chi connectivity index (χ1v) is 11.0. The molecule has 2 aromatic carbocycles. The molecule has 0 fully saturated rings. The maximum absolute atomic E-state index is 13.4. The molecule has 0 aliphatic carbocycles. The summed E-state index contributed by atoms with van der Waals surface area (Å²) in [5.41, 5.74) is 14.4. The Balaban J connectivity index is 1.66. The molecule has 5 nitrogen and oxygen atoms in total. The normalized spacial score (nSPS) is 14.5. The van der Waals surface area contributed by atoms with E-state index in [4.69, 9.17) is 5.73 Å². The second-order valence-corrected chi connectivity index (χ2v) is 8.50. The molecule has 0 spiro atoms. The number of nitrogens with one attached hydrogen (secondary N) is 1. The number of nitrogens with zero attached hydrogens (tertiary/aromatic N) is 3. The summed E-state index contributed by atoms with van der Waals surface area (Å²) in [5, 5.41) is 1.69. The van der Waals surface area contributed by atoms with Gasteiger partial charge in [0.2, 0.25) is 0 Å². The monoisotopic (exact) mass is 471 g/mol. The van der Waals surface area contributed by atoms with Crippen LogP contribution in [0.1, 0.15) is 17.5 Å². The van der Waals surface area contributed by atoms with Crippen LogP contribution in [-0.2, 0) is 12.8 Å². The molecule has 0 atom stereocenters. The summed E-state index contributed by atoms with van der Waals surface area (Å²) >= 11 is 3.19. The second kappa shape index (κ2) is 10.1. The number of hydrazine groups is 1. The molecule has 1 heterocycles. The number of hydrogen-bond donors (Lipinski definition) is 2. The summed E-state index contributed by atoms with van der Waals surface area (Å²) in [4.78, 5) is 8.84. The Labute approximate surface area is 186 Å². The lowest BCUT2D eigenvalue weighted by Crippen LogP contribution is -2.41. The molecule has 158 valence electrons. The van der Waals surface area contributed by atoms with Gasteiger partial charge in [-0.1, -0.05) is 54.4 Å². The van der Waals surface area contributed by atoms with Gasteiger partial charge in [0.1, 0.15) is 5.82 Å². The van der Waals surface area contributed by atoms with E-state index in [9.17, 15) is 4.39 Å². The third kappa shape index (κ3) is 5.22. The highest BCUT2D eigenvalue weighted by atomic mass is 79.9. The third-order valence-electron chi connectivity index (χ3n) is 5.50. The molecule has 1 aliphatic heterocycles. The Bertz CT molecular complexity index is 963. The zero-order valence-electron chi connectivity index (χ0n) is 17.8. The summed E-state index contributed by atoms with van der Waals surface area (Å²) in [5.74, 6) is 0.580. The van der Waals surface area contributed by atoms with Crippen LogP contribution in [0.3, 0.4) is 0 Å². The quantitative estimate of drug-likeness (QED) is 0.302. The van der Waals surface area contributed by atoms with Gasteiger partial charge in [-0.25, -0.2) is 4.39 Å². The van der Waals surface area contributed by atoms with E-state index in [0.29, 0.717) is 35.1 Å². The van der Waals surface area contributed by atoms with Crippen molar-refractivity contribution in [1.29, 1.82) is 0 Å². The summed E-state index contributed by atoms with van der Waals surface area (Å²) in [6.07, 6.45) is 4.54. The Morgan fingerprint density at radius 1 is 1.33 bits per heavy atom. The summed E-state index contributed by atoms with van der Waals surface area (Å²) in [6, 6.07) is 11.3. The fraction of sp³-hybridized carbons (Fsp3) is 0.364. The van der Waals surface area contributed by atoms with Gasteiger partial charge in [0.05, 0.1) is 10.2 Å². The fourth-order valence-electron chi connectivity index (χ4n) is 4.09. The molecule has 3 rings (SSSR count). The molecule has 2 aromatic rings. The van der Waals surface area contributed by atoms with Crippen LogP contribution in [0, 0.1) is 5.82 Å². The van der Waals surface area contributed by atoms with Gasteiger partial charge >= 0.3 is 0 Å².